The maximum absolute atomic E-state index is 11.8. The van der Waals surface area contributed by atoms with Crippen LogP contribution < -0.4 is 16.2 Å². The number of ether oxygens (including phenoxy) is 1. The predicted octanol–water partition coefficient (Wildman–Crippen LogP) is 0.147. The van der Waals surface area contributed by atoms with E-state index in [-0.39, 0.29) is 23.0 Å². The molecule has 9 heteroatoms. The zero-order valence-electron chi connectivity index (χ0n) is 12.2. The van der Waals surface area contributed by atoms with Crippen LogP contribution in [0.15, 0.2) is 36.4 Å². The molecule has 23 heavy (non-hydrogen) atoms. The van der Waals surface area contributed by atoms with E-state index in [1.54, 1.807) is 19.1 Å². The average molecular weight is 337 g/mol. The number of esters is 1. The van der Waals surface area contributed by atoms with Crippen molar-refractivity contribution in [2.24, 2.45) is 0 Å². The van der Waals surface area contributed by atoms with Gasteiger partial charge in [0, 0.05) is 12.2 Å². The van der Waals surface area contributed by atoms with E-state index < -0.39 is 17.8 Å². The molecule has 0 atom stereocenters. The van der Waals surface area contributed by atoms with Crippen LogP contribution in [0.25, 0.3) is 0 Å². The largest absolute Gasteiger partial charge is 0.507 e. The maximum Gasteiger partial charge on any atom is 0.330 e. The molecule has 0 spiro atoms. The summed E-state index contributed by atoms with van der Waals surface area (Å²) in [7, 11) is 0. The first-order valence-electron chi connectivity index (χ1n) is 6.48. The van der Waals surface area contributed by atoms with Crippen molar-refractivity contribution in [2.45, 2.75) is 6.92 Å². The number of carbonyl (C=O) groups excluding carboxylic acids is 3. The molecule has 1 rings (SSSR count). The van der Waals surface area contributed by atoms with Crippen LogP contribution in [-0.2, 0) is 14.3 Å². The summed E-state index contributed by atoms with van der Waals surface area (Å²) >= 11 is 4.79. The molecule has 0 aromatic heterocycles. The Morgan fingerprint density at radius 2 is 1.91 bits per heavy atom. The minimum atomic E-state index is -0.674. The number of nitrogens with one attached hydrogen (secondary N) is 3. The van der Waals surface area contributed by atoms with Gasteiger partial charge in [-0.2, -0.15) is 0 Å². The number of aromatic hydroxyl groups is 1. The molecule has 8 nitrogen and oxygen atoms in total. The van der Waals surface area contributed by atoms with Crippen molar-refractivity contribution < 1.29 is 24.2 Å². The Bertz CT molecular complexity index is 645. The molecule has 2 amide bonds. The average Bonchev–Trinajstić information content (AvgIpc) is 2.51. The van der Waals surface area contributed by atoms with Gasteiger partial charge in [-0.3, -0.25) is 25.8 Å². The minimum Gasteiger partial charge on any atom is -0.507 e. The van der Waals surface area contributed by atoms with E-state index in [1.807, 2.05) is 0 Å². The lowest BCUT2D eigenvalue weighted by Gasteiger charge is -2.10. The van der Waals surface area contributed by atoms with Gasteiger partial charge in [-0.15, -0.1) is 0 Å². The fourth-order valence-corrected chi connectivity index (χ4v) is 1.52. The van der Waals surface area contributed by atoms with E-state index in [2.05, 4.69) is 20.9 Å². The van der Waals surface area contributed by atoms with E-state index in [4.69, 9.17) is 12.2 Å². The summed E-state index contributed by atoms with van der Waals surface area (Å²) in [5.74, 6) is -2.16. The molecule has 0 bridgehead atoms. The van der Waals surface area contributed by atoms with Gasteiger partial charge in [-0.25, -0.2) is 4.79 Å². The van der Waals surface area contributed by atoms with Gasteiger partial charge >= 0.3 is 5.97 Å². The summed E-state index contributed by atoms with van der Waals surface area (Å²) in [5, 5.41) is 11.5. The van der Waals surface area contributed by atoms with Gasteiger partial charge < -0.3 is 9.84 Å². The number of benzene rings is 1. The van der Waals surface area contributed by atoms with Crippen LogP contribution in [0.5, 0.6) is 5.75 Å². The van der Waals surface area contributed by atoms with Gasteiger partial charge in [0.05, 0.1) is 12.2 Å². The summed E-state index contributed by atoms with van der Waals surface area (Å²) in [4.78, 5) is 34.2. The zero-order valence-corrected chi connectivity index (χ0v) is 13.0. The van der Waals surface area contributed by atoms with Crippen LogP contribution in [0.4, 0.5) is 0 Å². The Morgan fingerprint density at radius 3 is 2.57 bits per heavy atom. The monoisotopic (exact) mass is 337 g/mol. The number of rotatable bonds is 4. The molecule has 0 aliphatic carbocycles. The fourth-order valence-electron chi connectivity index (χ4n) is 1.37. The van der Waals surface area contributed by atoms with Crippen LogP contribution in [-0.4, -0.2) is 34.6 Å². The Labute approximate surface area is 137 Å². The summed E-state index contributed by atoms with van der Waals surface area (Å²) in [6.45, 7) is 1.83. The van der Waals surface area contributed by atoms with Crippen molar-refractivity contribution in [3.05, 3.63) is 42.0 Å². The summed E-state index contributed by atoms with van der Waals surface area (Å²) in [6, 6.07) is 5.92. The number of hydrogen-bond acceptors (Lipinski definition) is 6. The number of hydrogen-bond donors (Lipinski definition) is 4. The molecular formula is C14H15N3O5S. The number of thiocarbonyl (C=S) groups is 1. The van der Waals surface area contributed by atoms with Crippen LogP contribution in [0, 0.1) is 0 Å². The van der Waals surface area contributed by atoms with E-state index in [9.17, 15) is 19.5 Å². The quantitative estimate of drug-likeness (QED) is 0.267. The van der Waals surface area contributed by atoms with Crippen molar-refractivity contribution >= 4 is 35.1 Å². The Kier molecular flexibility index (Phi) is 7.21. The molecule has 0 aliphatic rings. The summed E-state index contributed by atoms with van der Waals surface area (Å²) in [6.07, 6.45) is 1.89. The second-order valence-electron chi connectivity index (χ2n) is 4.00. The van der Waals surface area contributed by atoms with Gasteiger partial charge in [0.25, 0.3) is 5.91 Å². The molecule has 0 saturated carbocycles. The molecular weight excluding hydrogens is 322 g/mol. The topological polar surface area (TPSA) is 117 Å². The molecule has 0 saturated heterocycles. The standard InChI is InChI=1S/C14H15N3O5S/c1-2-22-12(20)8-7-11(19)15-14(23)17-16-13(21)9-5-3-4-6-10(9)18/h3-8,18H,2H2,1H3,(H,16,21)(H2,15,17,19,23)/b8-7+. The first kappa shape index (κ1) is 18.1. The zero-order chi connectivity index (χ0) is 17.2. The molecule has 0 aliphatic heterocycles. The molecule has 4 N–H and O–H groups in total. The van der Waals surface area contributed by atoms with E-state index >= 15 is 0 Å². The SMILES string of the molecule is CCOC(=O)/C=C/C(=O)NC(=S)NNC(=O)c1ccccc1O. The number of phenols is 1. The lowest BCUT2D eigenvalue weighted by Crippen LogP contribution is -2.48. The molecule has 1 aromatic carbocycles. The number of hydrazine groups is 1. The van der Waals surface area contributed by atoms with E-state index in [1.165, 1.54) is 12.1 Å². The molecule has 122 valence electrons. The first-order chi connectivity index (χ1) is 10.9. The third kappa shape index (κ3) is 6.57. The van der Waals surface area contributed by atoms with Crippen LogP contribution >= 0.6 is 12.2 Å². The Hall–Kier alpha value is -2.94. The van der Waals surface area contributed by atoms with Crippen LogP contribution in [0.1, 0.15) is 17.3 Å². The minimum absolute atomic E-state index is 0.0383. The first-order valence-corrected chi connectivity index (χ1v) is 6.89. The highest BCUT2D eigenvalue weighted by Gasteiger charge is 2.10. The van der Waals surface area contributed by atoms with Crippen molar-refractivity contribution in [3.63, 3.8) is 0 Å². The Balaban J connectivity index is 2.42. The smallest absolute Gasteiger partial charge is 0.330 e. The van der Waals surface area contributed by atoms with Crippen molar-refractivity contribution in [2.75, 3.05) is 6.61 Å². The van der Waals surface area contributed by atoms with Gasteiger partial charge in [-0.1, -0.05) is 12.1 Å². The van der Waals surface area contributed by atoms with Crippen molar-refractivity contribution in [1.82, 2.24) is 16.2 Å². The predicted molar refractivity (Wildman–Crippen MR) is 85.2 cm³/mol. The number of amides is 2. The van der Waals surface area contributed by atoms with E-state index in [0.717, 1.165) is 12.2 Å². The number of para-hydroxylation sites is 1. The lowest BCUT2D eigenvalue weighted by atomic mass is 10.2. The van der Waals surface area contributed by atoms with Crippen molar-refractivity contribution in [1.29, 1.82) is 0 Å². The van der Waals surface area contributed by atoms with Crippen LogP contribution in [0.3, 0.4) is 0 Å². The molecule has 0 radical (unpaired) electrons. The molecule has 0 heterocycles. The second kappa shape index (κ2) is 9.15. The molecule has 1 aromatic rings. The normalized spacial score (nSPS) is 9.96. The van der Waals surface area contributed by atoms with Gasteiger partial charge in [0.1, 0.15) is 5.75 Å². The highest BCUT2D eigenvalue weighted by Crippen LogP contribution is 2.14. The third-order valence-electron chi connectivity index (χ3n) is 2.33. The lowest BCUT2D eigenvalue weighted by molar-refractivity contribution is -0.137. The Morgan fingerprint density at radius 1 is 1.22 bits per heavy atom. The maximum atomic E-state index is 11.8. The van der Waals surface area contributed by atoms with Gasteiger partial charge in [0.2, 0.25) is 5.91 Å². The number of carbonyl (C=O) groups is 3. The summed E-state index contributed by atoms with van der Waals surface area (Å²) in [5.41, 5.74) is 4.54. The van der Waals surface area contributed by atoms with Gasteiger partial charge in [0.15, 0.2) is 5.11 Å². The van der Waals surface area contributed by atoms with Crippen LogP contribution in [0.2, 0.25) is 0 Å². The van der Waals surface area contributed by atoms with E-state index in [0.29, 0.717) is 0 Å². The van der Waals surface area contributed by atoms with Gasteiger partial charge in [-0.05, 0) is 31.3 Å². The summed E-state index contributed by atoms with van der Waals surface area (Å²) < 4.78 is 4.60. The highest BCUT2D eigenvalue weighted by molar-refractivity contribution is 7.80. The second-order valence-corrected chi connectivity index (χ2v) is 4.41. The molecule has 0 unspecified atom stereocenters. The molecule has 0 fully saturated rings. The number of phenolic OH excluding ortho intramolecular Hbond substituents is 1. The third-order valence-corrected chi connectivity index (χ3v) is 2.54. The highest BCUT2D eigenvalue weighted by atomic mass is 32.1. The van der Waals surface area contributed by atoms with Crippen molar-refractivity contribution in [3.8, 4) is 5.75 Å². The fraction of sp³-hybridized carbons (Fsp3) is 0.143.